The molecule has 0 rings (SSSR count). The lowest BCUT2D eigenvalue weighted by atomic mass is 11.2. The Balaban J connectivity index is 3.00. The molecule has 1 N–H and O–H groups in total. The molecule has 0 spiro atoms. The van der Waals surface area contributed by atoms with E-state index in [0.29, 0.717) is 0 Å². The third kappa shape index (κ3) is 3.45. The van der Waals surface area contributed by atoms with E-state index >= 15 is 0 Å². The van der Waals surface area contributed by atoms with Crippen LogP contribution in [0.3, 0.4) is 0 Å². The summed E-state index contributed by atoms with van der Waals surface area (Å²) in [5, 5.41) is 0. The van der Waals surface area contributed by atoms with Crippen molar-refractivity contribution in [2.45, 2.75) is 0 Å². The molecule has 0 aromatic carbocycles. The van der Waals surface area contributed by atoms with E-state index in [9.17, 15) is 4.79 Å². The van der Waals surface area contributed by atoms with E-state index in [0.717, 1.165) is 0 Å². The van der Waals surface area contributed by atoms with E-state index in [1.165, 1.54) is 19.1 Å². The Hall–Kier alpha value is -0.380. The number of ether oxygens (including phenoxy) is 1. The quantitative estimate of drug-likeness (QED) is 0.517. The van der Waals surface area contributed by atoms with Crippen LogP contribution < -0.4 is 4.72 Å². The number of methoxy groups -OCH3 is 1. The average molecular weight is 121 g/mol. The van der Waals surface area contributed by atoms with Gasteiger partial charge in [0, 0.05) is 6.26 Å². The molecule has 42 valence electrons. The number of hydrogen-bond acceptors (Lipinski definition) is 3. The highest BCUT2D eigenvalue weighted by atomic mass is 32.2. The number of rotatable bonds is 1. The van der Waals surface area contributed by atoms with E-state index in [2.05, 4.69) is 9.46 Å². The first kappa shape index (κ1) is 6.62. The van der Waals surface area contributed by atoms with Crippen molar-refractivity contribution in [3.8, 4) is 0 Å². The summed E-state index contributed by atoms with van der Waals surface area (Å²) in [6, 6.07) is 0. The highest BCUT2D eigenvalue weighted by Gasteiger charge is 1.90. The first-order valence-corrected chi connectivity index (χ1v) is 2.90. The molecule has 0 unspecified atom stereocenters. The Kier molecular flexibility index (Phi) is 3.59. The first-order chi connectivity index (χ1) is 3.31. The minimum atomic E-state index is -0.410. The van der Waals surface area contributed by atoms with Gasteiger partial charge in [-0.15, -0.1) is 0 Å². The van der Waals surface area contributed by atoms with Gasteiger partial charge >= 0.3 is 6.09 Å². The number of amides is 1. The van der Waals surface area contributed by atoms with Crippen LogP contribution in [-0.2, 0) is 4.74 Å². The van der Waals surface area contributed by atoms with Crippen molar-refractivity contribution in [1.82, 2.24) is 4.72 Å². The molecule has 3 nitrogen and oxygen atoms in total. The van der Waals surface area contributed by atoms with Gasteiger partial charge in [-0.2, -0.15) is 0 Å². The van der Waals surface area contributed by atoms with Crippen molar-refractivity contribution < 1.29 is 9.53 Å². The van der Waals surface area contributed by atoms with Gasteiger partial charge in [-0.25, -0.2) is 4.79 Å². The van der Waals surface area contributed by atoms with Crippen LogP contribution >= 0.6 is 11.9 Å². The van der Waals surface area contributed by atoms with E-state index in [1.807, 2.05) is 0 Å². The summed E-state index contributed by atoms with van der Waals surface area (Å²) in [6.45, 7) is 0. The van der Waals surface area contributed by atoms with Crippen molar-refractivity contribution in [3.63, 3.8) is 0 Å². The number of hydrogen-bond donors (Lipinski definition) is 1. The van der Waals surface area contributed by atoms with Crippen molar-refractivity contribution in [3.05, 3.63) is 0 Å². The SMILES string of the molecule is COC(=O)NSC. The fourth-order valence-corrected chi connectivity index (χ4v) is 0.375. The zero-order chi connectivity index (χ0) is 5.70. The predicted molar refractivity (Wildman–Crippen MR) is 29.1 cm³/mol. The van der Waals surface area contributed by atoms with Crippen LogP contribution in [0.1, 0.15) is 0 Å². The second-order valence-electron chi connectivity index (χ2n) is 0.798. The van der Waals surface area contributed by atoms with Crippen molar-refractivity contribution in [2.75, 3.05) is 13.4 Å². The lowest BCUT2D eigenvalue weighted by Crippen LogP contribution is -2.13. The lowest BCUT2D eigenvalue weighted by Gasteiger charge is -1.94. The summed E-state index contributed by atoms with van der Waals surface area (Å²) in [5.41, 5.74) is 0. The third-order valence-corrected chi connectivity index (χ3v) is 0.742. The third-order valence-electron chi connectivity index (χ3n) is 0.371. The maximum Gasteiger partial charge on any atom is 0.416 e. The van der Waals surface area contributed by atoms with Gasteiger partial charge in [0.05, 0.1) is 7.11 Å². The van der Waals surface area contributed by atoms with E-state index < -0.39 is 6.09 Å². The van der Waals surface area contributed by atoms with Crippen LogP contribution in [0.5, 0.6) is 0 Å². The molecule has 0 saturated carbocycles. The number of carbonyl (C=O) groups excluding carboxylic acids is 1. The van der Waals surface area contributed by atoms with Crippen LogP contribution in [0.15, 0.2) is 0 Å². The van der Waals surface area contributed by atoms with Gasteiger partial charge in [0.1, 0.15) is 0 Å². The molecule has 0 aliphatic rings. The monoisotopic (exact) mass is 121 g/mol. The smallest absolute Gasteiger partial charge is 0.416 e. The Morgan fingerprint density at radius 1 is 1.86 bits per heavy atom. The fraction of sp³-hybridized carbons (Fsp3) is 0.667. The maximum atomic E-state index is 10.1. The summed E-state index contributed by atoms with van der Waals surface area (Å²) >= 11 is 1.21. The minimum Gasteiger partial charge on any atom is -0.452 e. The highest BCUT2D eigenvalue weighted by Crippen LogP contribution is 1.81. The lowest BCUT2D eigenvalue weighted by molar-refractivity contribution is 0.178. The highest BCUT2D eigenvalue weighted by molar-refractivity contribution is 7.97. The van der Waals surface area contributed by atoms with Gasteiger partial charge in [0.15, 0.2) is 0 Å². The molecule has 0 aliphatic carbocycles. The maximum absolute atomic E-state index is 10.1. The second-order valence-corrected chi connectivity index (χ2v) is 1.41. The molecule has 4 heteroatoms. The Morgan fingerprint density at radius 2 is 2.43 bits per heavy atom. The van der Waals surface area contributed by atoms with Gasteiger partial charge in [-0.3, -0.25) is 4.72 Å². The van der Waals surface area contributed by atoms with Crippen LogP contribution in [0.2, 0.25) is 0 Å². The van der Waals surface area contributed by atoms with E-state index in [1.54, 1.807) is 6.26 Å². The topological polar surface area (TPSA) is 38.3 Å². The first-order valence-electron chi connectivity index (χ1n) is 1.68. The molecule has 0 aromatic rings. The van der Waals surface area contributed by atoms with Gasteiger partial charge in [0.2, 0.25) is 0 Å². The normalized spacial score (nSPS) is 7.71. The Labute approximate surface area is 46.6 Å². The standard InChI is InChI=1S/C3H7NO2S/c1-6-3(5)4-7-2/h1-2H3,(H,4,5). The van der Waals surface area contributed by atoms with Gasteiger partial charge in [-0.1, -0.05) is 11.9 Å². The van der Waals surface area contributed by atoms with Gasteiger partial charge in [0.25, 0.3) is 0 Å². The summed E-state index contributed by atoms with van der Waals surface area (Å²) in [6.07, 6.45) is 1.34. The Bertz CT molecular complexity index is 66.0. The summed E-state index contributed by atoms with van der Waals surface area (Å²) < 4.78 is 6.57. The second kappa shape index (κ2) is 3.80. The minimum absolute atomic E-state index is 0.410. The van der Waals surface area contributed by atoms with Crippen LogP contribution in [0.25, 0.3) is 0 Å². The zero-order valence-electron chi connectivity index (χ0n) is 4.22. The van der Waals surface area contributed by atoms with E-state index in [-0.39, 0.29) is 0 Å². The molecule has 7 heavy (non-hydrogen) atoms. The van der Waals surface area contributed by atoms with Crippen molar-refractivity contribution >= 4 is 18.0 Å². The molecule has 0 aromatic heterocycles. The molecule has 0 aliphatic heterocycles. The number of nitrogens with one attached hydrogen (secondary N) is 1. The molecule has 0 radical (unpaired) electrons. The van der Waals surface area contributed by atoms with Crippen molar-refractivity contribution in [1.29, 1.82) is 0 Å². The molecule has 1 amide bonds. The van der Waals surface area contributed by atoms with Gasteiger partial charge in [-0.05, 0) is 0 Å². The van der Waals surface area contributed by atoms with Gasteiger partial charge < -0.3 is 4.74 Å². The average Bonchev–Trinajstić information content (AvgIpc) is 1.68. The van der Waals surface area contributed by atoms with E-state index in [4.69, 9.17) is 0 Å². The molecule has 0 fully saturated rings. The Morgan fingerprint density at radius 3 is 2.57 bits per heavy atom. The molecule has 0 bridgehead atoms. The fourth-order valence-electron chi connectivity index (χ4n) is 0.125. The molecular weight excluding hydrogens is 114 g/mol. The summed E-state index contributed by atoms with van der Waals surface area (Å²) in [4.78, 5) is 10.1. The zero-order valence-corrected chi connectivity index (χ0v) is 5.04. The van der Waals surface area contributed by atoms with Crippen LogP contribution in [0, 0.1) is 0 Å². The molecule has 0 atom stereocenters. The largest absolute Gasteiger partial charge is 0.452 e. The molecular formula is C3H7NO2S. The molecule has 0 saturated heterocycles. The van der Waals surface area contributed by atoms with Crippen molar-refractivity contribution in [2.24, 2.45) is 0 Å². The molecule has 0 heterocycles. The predicted octanol–water partition coefficient (Wildman–Crippen LogP) is 0.620. The number of carbonyl (C=O) groups is 1. The summed E-state index contributed by atoms with van der Waals surface area (Å²) in [5.74, 6) is 0. The van der Waals surface area contributed by atoms with Crippen LogP contribution in [0.4, 0.5) is 4.79 Å². The summed E-state index contributed by atoms with van der Waals surface area (Å²) in [7, 11) is 1.32. The van der Waals surface area contributed by atoms with Crippen LogP contribution in [-0.4, -0.2) is 19.5 Å².